The van der Waals surface area contributed by atoms with Gasteiger partial charge in [-0.3, -0.25) is 4.98 Å². The molecule has 2 nitrogen and oxygen atoms in total. The zero-order valence-electron chi connectivity index (χ0n) is 8.86. The van der Waals surface area contributed by atoms with E-state index in [4.69, 9.17) is 0 Å². The summed E-state index contributed by atoms with van der Waals surface area (Å²) in [6.45, 7) is 3.81. The summed E-state index contributed by atoms with van der Waals surface area (Å²) in [6.07, 6.45) is 3.58. The molecule has 15 heavy (non-hydrogen) atoms. The fourth-order valence-corrected chi connectivity index (χ4v) is 1.66. The van der Waals surface area contributed by atoms with Crippen LogP contribution in [0.1, 0.15) is 11.1 Å². The zero-order valence-corrected chi connectivity index (χ0v) is 8.86. The maximum atomic E-state index is 9.66. The zero-order chi connectivity index (χ0) is 10.8. The third-order valence-corrected chi connectivity index (χ3v) is 2.49. The normalized spacial score (nSPS) is 10.3. The van der Waals surface area contributed by atoms with Crippen LogP contribution in [-0.4, -0.2) is 10.1 Å². The minimum atomic E-state index is 0.377. The molecule has 0 amide bonds. The van der Waals surface area contributed by atoms with Crippen molar-refractivity contribution in [2.24, 2.45) is 0 Å². The van der Waals surface area contributed by atoms with E-state index in [0.29, 0.717) is 5.75 Å². The lowest BCUT2D eigenvalue weighted by atomic mass is 10.0. The lowest BCUT2D eigenvalue weighted by Gasteiger charge is -2.07. The molecule has 1 heterocycles. The summed E-state index contributed by atoms with van der Waals surface area (Å²) < 4.78 is 0. The van der Waals surface area contributed by atoms with Gasteiger partial charge in [-0.2, -0.15) is 0 Å². The van der Waals surface area contributed by atoms with Gasteiger partial charge in [0.25, 0.3) is 0 Å². The maximum absolute atomic E-state index is 9.66. The second kappa shape index (κ2) is 3.73. The molecular weight excluding hydrogens is 186 g/mol. The Kier molecular flexibility index (Phi) is 2.42. The standard InChI is InChI=1S/C13H13NO/c1-9-6-12(7-10(2)13(9)15)11-4-3-5-14-8-11/h3-8,15H,1-2H3. The van der Waals surface area contributed by atoms with E-state index in [0.717, 1.165) is 22.3 Å². The van der Waals surface area contributed by atoms with Crippen LogP contribution in [0, 0.1) is 13.8 Å². The third kappa shape index (κ3) is 1.84. The Morgan fingerprint density at radius 2 is 1.73 bits per heavy atom. The van der Waals surface area contributed by atoms with Crippen LogP contribution in [0.25, 0.3) is 11.1 Å². The first kappa shape index (κ1) is 9.71. The molecule has 0 fully saturated rings. The molecule has 2 rings (SSSR count). The van der Waals surface area contributed by atoms with Gasteiger partial charge in [0.1, 0.15) is 5.75 Å². The fourth-order valence-electron chi connectivity index (χ4n) is 1.66. The van der Waals surface area contributed by atoms with Gasteiger partial charge in [0.2, 0.25) is 0 Å². The van der Waals surface area contributed by atoms with E-state index >= 15 is 0 Å². The molecule has 2 aromatic rings. The molecule has 0 bridgehead atoms. The molecule has 1 aromatic carbocycles. The van der Waals surface area contributed by atoms with Crippen molar-refractivity contribution in [1.82, 2.24) is 4.98 Å². The second-order valence-corrected chi connectivity index (χ2v) is 3.70. The number of aromatic hydroxyl groups is 1. The SMILES string of the molecule is Cc1cc(-c2cccnc2)cc(C)c1O. The number of hydrogen-bond acceptors (Lipinski definition) is 2. The van der Waals surface area contributed by atoms with Crippen LogP contribution in [0.3, 0.4) is 0 Å². The summed E-state index contributed by atoms with van der Waals surface area (Å²) in [7, 11) is 0. The minimum Gasteiger partial charge on any atom is -0.507 e. The molecular formula is C13H13NO. The Morgan fingerprint density at radius 1 is 1.07 bits per heavy atom. The molecule has 0 saturated carbocycles. The number of pyridine rings is 1. The lowest BCUT2D eigenvalue weighted by molar-refractivity contribution is 0.467. The van der Waals surface area contributed by atoms with Crippen LogP contribution in [0.5, 0.6) is 5.75 Å². The number of phenols is 1. The Balaban J connectivity index is 2.56. The summed E-state index contributed by atoms with van der Waals surface area (Å²) in [5.41, 5.74) is 3.96. The summed E-state index contributed by atoms with van der Waals surface area (Å²) >= 11 is 0. The predicted octanol–water partition coefficient (Wildman–Crippen LogP) is 3.07. The monoisotopic (exact) mass is 199 g/mol. The van der Waals surface area contributed by atoms with Gasteiger partial charge < -0.3 is 5.11 Å². The molecule has 1 N–H and O–H groups in total. The van der Waals surface area contributed by atoms with E-state index in [1.54, 1.807) is 6.20 Å². The maximum Gasteiger partial charge on any atom is 0.121 e. The number of aromatic nitrogens is 1. The van der Waals surface area contributed by atoms with E-state index in [1.807, 2.05) is 44.3 Å². The third-order valence-electron chi connectivity index (χ3n) is 2.49. The van der Waals surface area contributed by atoms with E-state index in [-0.39, 0.29) is 0 Å². The van der Waals surface area contributed by atoms with Gasteiger partial charge in [-0.1, -0.05) is 6.07 Å². The number of hydrogen-bond donors (Lipinski definition) is 1. The molecule has 0 radical (unpaired) electrons. The first-order valence-corrected chi connectivity index (χ1v) is 4.89. The highest BCUT2D eigenvalue weighted by molar-refractivity contribution is 5.66. The highest BCUT2D eigenvalue weighted by Gasteiger charge is 2.04. The Bertz CT molecular complexity index is 454. The number of phenolic OH excluding ortho intramolecular Hbond substituents is 1. The van der Waals surface area contributed by atoms with Gasteiger partial charge in [-0.05, 0) is 48.7 Å². The van der Waals surface area contributed by atoms with E-state index in [2.05, 4.69) is 4.98 Å². The van der Waals surface area contributed by atoms with Crippen molar-refractivity contribution in [3.8, 4) is 16.9 Å². The largest absolute Gasteiger partial charge is 0.507 e. The van der Waals surface area contributed by atoms with E-state index in [1.165, 1.54) is 0 Å². The van der Waals surface area contributed by atoms with Gasteiger partial charge >= 0.3 is 0 Å². The average Bonchev–Trinajstić information content (AvgIpc) is 2.26. The number of benzene rings is 1. The molecule has 0 unspecified atom stereocenters. The molecule has 0 saturated heterocycles. The number of nitrogens with zero attached hydrogens (tertiary/aromatic N) is 1. The van der Waals surface area contributed by atoms with Gasteiger partial charge in [-0.15, -0.1) is 0 Å². The predicted molar refractivity (Wildman–Crippen MR) is 60.8 cm³/mol. The smallest absolute Gasteiger partial charge is 0.121 e. The fraction of sp³-hybridized carbons (Fsp3) is 0.154. The number of aryl methyl sites for hydroxylation is 2. The van der Waals surface area contributed by atoms with Crippen molar-refractivity contribution in [2.45, 2.75) is 13.8 Å². The second-order valence-electron chi connectivity index (χ2n) is 3.70. The highest BCUT2D eigenvalue weighted by atomic mass is 16.3. The first-order valence-electron chi connectivity index (χ1n) is 4.89. The molecule has 0 spiro atoms. The number of rotatable bonds is 1. The molecule has 0 atom stereocenters. The summed E-state index contributed by atoms with van der Waals surface area (Å²) in [4.78, 5) is 4.08. The van der Waals surface area contributed by atoms with Crippen LogP contribution >= 0.6 is 0 Å². The van der Waals surface area contributed by atoms with Crippen molar-refractivity contribution in [3.05, 3.63) is 47.8 Å². The van der Waals surface area contributed by atoms with Crippen LogP contribution in [0.15, 0.2) is 36.7 Å². The Morgan fingerprint density at radius 3 is 2.27 bits per heavy atom. The lowest BCUT2D eigenvalue weighted by Crippen LogP contribution is -1.85. The Hall–Kier alpha value is -1.83. The summed E-state index contributed by atoms with van der Waals surface area (Å²) in [5.74, 6) is 0.377. The van der Waals surface area contributed by atoms with Crippen molar-refractivity contribution in [3.63, 3.8) is 0 Å². The van der Waals surface area contributed by atoms with E-state index < -0.39 is 0 Å². The molecule has 0 aliphatic rings. The average molecular weight is 199 g/mol. The van der Waals surface area contributed by atoms with Crippen LogP contribution < -0.4 is 0 Å². The topological polar surface area (TPSA) is 33.1 Å². The van der Waals surface area contributed by atoms with Gasteiger partial charge in [0, 0.05) is 18.0 Å². The van der Waals surface area contributed by atoms with Gasteiger partial charge in [-0.25, -0.2) is 0 Å². The van der Waals surface area contributed by atoms with Gasteiger partial charge in [0.15, 0.2) is 0 Å². The van der Waals surface area contributed by atoms with Crippen LogP contribution in [-0.2, 0) is 0 Å². The van der Waals surface area contributed by atoms with Crippen LogP contribution in [0.2, 0.25) is 0 Å². The molecule has 76 valence electrons. The molecule has 0 aliphatic carbocycles. The summed E-state index contributed by atoms with van der Waals surface area (Å²) in [6, 6.07) is 7.86. The molecule has 0 aliphatic heterocycles. The summed E-state index contributed by atoms with van der Waals surface area (Å²) in [5, 5.41) is 9.66. The first-order chi connectivity index (χ1) is 7.18. The van der Waals surface area contributed by atoms with E-state index in [9.17, 15) is 5.11 Å². The van der Waals surface area contributed by atoms with Gasteiger partial charge in [0.05, 0.1) is 0 Å². The Labute approximate surface area is 89.2 Å². The molecule has 2 heteroatoms. The quantitative estimate of drug-likeness (QED) is 0.765. The van der Waals surface area contributed by atoms with Crippen molar-refractivity contribution >= 4 is 0 Å². The van der Waals surface area contributed by atoms with Crippen LogP contribution in [0.4, 0.5) is 0 Å². The molecule has 1 aromatic heterocycles. The minimum absolute atomic E-state index is 0.377. The van der Waals surface area contributed by atoms with Crippen molar-refractivity contribution in [1.29, 1.82) is 0 Å². The van der Waals surface area contributed by atoms with Crippen molar-refractivity contribution in [2.75, 3.05) is 0 Å². The highest BCUT2D eigenvalue weighted by Crippen LogP contribution is 2.28. The van der Waals surface area contributed by atoms with Crippen molar-refractivity contribution < 1.29 is 5.11 Å².